The largest absolute Gasteiger partial charge is 0.377 e. The molecule has 1 N–H and O–H groups in total. The average molecular weight is 271 g/mol. The Morgan fingerprint density at radius 2 is 2.28 bits per heavy atom. The van der Waals surface area contributed by atoms with Crippen LogP contribution >= 0.6 is 11.6 Å². The van der Waals surface area contributed by atoms with E-state index in [9.17, 15) is 10.1 Å². The van der Waals surface area contributed by atoms with E-state index in [0.29, 0.717) is 5.15 Å². The van der Waals surface area contributed by atoms with E-state index in [4.69, 9.17) is 11.6 Å². The summed E-state index contributed by atoms with van der Waals surface area (Å²) in [6.07, 6.45) is 3.01. The van der Waals surface area contributed by atoms with Gasteiger partial charge in [0.1, 0.15) is 11.2 Å². The zero-order valence-corrected chi connectivity index (χ0v) is 11.2. The molecule has 7 heteroatoms. The Morgan fingerprint density at radius 3 is 2.72 bits per heavy atom. The fourth-order valence-corrected chi connectivity index (χ4v) is 1.44. The van der Waals surface area contributed by atoms with Crippen molar-refractivity contribution in [1.82, 2.24) is 15.2 Å². The van der Waals surface area contributed by atoms with Crippen LogP contribution in [-0.2, 0) is 0 Å². The van der Waals surface area contributed by atoms with E-state index in [0.717, 1.165) is 5.56 Å². The lowest BCUT2D eigenvalue weighted by molar-refractivity contribution is -0.433. The number of hydrogen-bond acceptors (Lipinski definition) is 5. The van der Waals surface area contributed by atoms with E-state index < -0.39 is 4.92 Å². The van der Waals surface area contributed by atoms with Gasteiger partial charge < -0.3 is 15.0 Å². The Kier molecular flexibility index (Phi) is 4.91. The monoisotopic (exact) mass is 270 g/mol. The van der Waals surface area contributed by atoms with Gasteiger partial charge in [-0.3, -0.25) is 5.32 Å². The smallest absolute Gasteiger partial charge is 0.332 e. The van der Waals surface area contributed by atoms with Gasteiger partial charge in [-0.25, -0.2) is 4.98 Å². The molecule has 1 aromatic heterocycles. The summed E-state index contributed by atoms with van der Waals surface area (Å²) in [5.74, 6) is -0.0672. The Balaban J connectivity index is 2.81. The van der Waals surface area contributed by atoms with Gasteiger partial charge in [0.15, 0.2) is 0 Å². The molecule has 0 aromatic carbocycles. The minimum Gasteiger partial charge on any atom is -0.377 e. The van der Waals surface area contributed by atoms with Gasteiger partial charge in [-0.05, 0) is 17.9 Å². The van der Waals surface area contributed by atoms with E-state index >= 15 is 0 Å². The fourth-order valence-electron chi connectivity index (χ4n) is 1.33. The molecule has 0 fully saturated rings. The van der Waals surface area contributed by atoms with Gasteiger partial charge in [0.25, 0.3) is 0 Å². The molecule has 0 bridgehead atoms. The summed E-state index contributed by atoms with van der Waals surface area (Å²) in [6.45, 7) is 1.82. The molecule has 0 aliphatic heterocycles. The Bertz CT molecular complexity index is 445. The Morgan fingerprint density at radius 1 is 1.61 bits per heavy atom. The molecule has 1 rings (SSSR count). The highest BCUT2D eigenvalue weighted by Crippen LogP contribution is 2.15. The normalized spacial score (nSPS) is 13.0. The predicted octanol–water partition coefficient (Wildman–Crippen LogP) is 2.02. The number of rotatable bonds is 5. The second kappa shape index (κ2) is 6.20. The van der Waals surface area contributed by atoms with Gasteiger partial charge in [-0.2, -0.15) is 0 Å². The molecular weight excluding hydrogens is 256 g/mol. The first kappa shape index (κ1) is 14.2. The second-order valence-corrected chi connectivity index (χ2v) is 4.40. The zero-order valence-electron chi connectivity index (χ0n) is 10.4. The van der Waals surface area contributed by atoms with Gasteiger partial charge in [0.2, 0.25) is 0 Å². The molecule has 0 radical (unpaired) electrons. The number of aromatic nitrogens is 1. The molecule has 1 aromatic rings. The minimum atomic E-state index is -0.458. The van der Waals surface area contributed by atoms with Crippen molar-refractivity contribution in [2.75, 3.05) is 14.1 Å². The topological polar surface area (TPSA) is 71.3 Å². The molecule has 0 aliphatic rings. The van der Waals surface area contributed by atoms with Crippen LogP contribution < -0.4 is 5.32 Å². The predicted molar refractivity (Wildman–Crippen MR) is 69.6 cm³/mol. The van der Waals surface area contributed by atoms with Crippen LogP contribution in [0.2, 0.25) is 5.15 Å². The first-order valence-electron chi connectivity index (χ1n) is 5.30. The molecule has 0 aliphatic carbocycles. The quantitative estimate of drug-likeness (QED) is 0.503. The van der Waals surface area contributed by atoms with Crippen LogP contribution in [0.3, 0.4) is 0 Å². The standard InChI is InChI=1S/C11H15ClN4O2/c1-8(9-4-5-10(12)13-6-9)14-11(16(17)18)7-15(2)3/h4-8,14H,1-3H3. The van der Waals surface area contributed by atoms with Crippen molar-refractivity contribution in [3.8, 4) is 0 Å². The Labute approximate surface area is 110 Å². The SMILES string of the molecule is CC(NC(=CN(C)C)[N+](=O)[O-])c1ccc(Cl)nc1. The lowest BCUT2D eigenvalue weighted by atomic mass is 10.1. The molecule has 18 heavy (non-hydrogen) atoms. The fraction of sp³-hybridized carbons (Fsp3) is 0.364. The summed E-state index contributed by atoms with van der Waals surface area (Å²) in [6, 6.07) is 3.20. The van der Waals surface area contributed by atoms with Crippen molar-refractivity contribution in [3.63, 3.8) is 0 Å². The number of hydrogen-bond donors (Lipinski definition) is 1. The first-order valence-corrected chi connectivity index (χ1v) is 5.68. The number of halogens is 1. The summed E-state index contributed by atoms with van der Waals surface area (Å²) in [5.41, 5.74) is 0.825. The van der Waals surface area contributed by atoms with Crippen molar-refractivity contribution in [3.05, 3.63) is 51.2 Å². The van der Waals surface area contributed by atoms with Gasteiger partial charge in [-0.1, -0.05) is 17.7 Å². The maximum absolute atomic E-state index is 10.9. The third kappa shape index (κ3) is 4.21. The maximum atomic E-state index is 10.9. The third-order valence-electron chi connectivity index (χ3n) is 2.19. The minimum absolute atomic E-state index is 0.0672. The summed E-state index contributed by atoms with van der Waals surface area (Å²) in [5, 5.41) is 14.1. The van der Waals surface area contributed by atoms with Crippen LogP contribution in [0.5, 0.6) is 0 Å². The number of pyridine rings is 1. The molecule has 98 valence electrons. The van der Waals surface area contributed by atoms with Gasteiger partial charge in [0.05, 0.1) is 6.20 Å². The molecule has 0 amide bonds. The molecule has 1 heterocycles. The van der Waals surface area contributed by atoms with Crippen molar-refractivity contribution < 1.29 is 4.92 Å². The van der Waals surface area contributed by atoms with Gasteiger partial charge in [-0.15, -0.1) is 0 Å². The number of nitro groups is 1. The van der Waals surface area contributed by atoms with Crippen LogP contribution in [0.4, 0.5) is 0 Å². The van der Waals surface area contributed by atoms with Crippen molar-refractivity contribution in [1.29, 1.82) is 0 Å². The van der Waals surface area contributed by atoms with Gasteiger partial charge in [0, 0.05) is 25.9 Å². The lowest BCUT2D eigenvalue weighted by Gasteiger charge is -2.13. The van der Waals surface area contributed by atoms with Crippen LogP contribution in [0, 0.1) is 10.1 Å². The van der Waals surface area contributed by atoms with Crippen LogP contribution in [0.15, 0.2) is 30.4 Å². The van der Waals surface area contributed by atoms with Crippen molar-refractivity contribution in [2.45, 2.75) is 13.0 Å². The van der Waals surface area contributed by atoms with Crippen molar-refractivity contribution in [2.24, 2.45) is 0 Å². The second-order valence-electron chi connectivity index (χ2n) is 4.02. The molecule has 1 atom stereocenters. The first-order chi connectivity index (χ1) is 8.40. The van der Waals surface area contributed by atoms with Crippen LogP contribution in [0.1, 0.15) is 18.5 Å². The van der Waals surface area contributed by atoms with E-state index in [1.807, 2.05) is 6.92 Å². The van der Waals surface area contributed by atoms with Crippen LogP contribution in [-0.4, -0.2) is 28.9 Å². The molecule has 0 saturated heterocycles. The average Bonchev–Trinajstić information content (AvgIpc) is 2.28. The summed E-state index contributed by atoms with van der Waals surface area (Å²) >= 11 is 5.68. The highest BCUT2D eigenvalue weighted by Gasteiger charge is 2.16. The molecular formula is C11H15ClN4O2. The van der Waals surface area contributed by atoms with Gasteiger partial charge >= 0.3 is 5.82 Å². The number of nitrogens with zero attached hydrogens (tertiary/aromatic N) is 3. The summed E-state index contributed by atoms with van der Waals surface area (Å²) in [7, 11) is 3.44. The Hall–Kier alpha value is -1.82. The van der Waals surface area contributed by atoms with Crippen molar-refractivity contribution >= 4 is 11.6 Å². The van der Waals surface area contributed by atoms with E-state index in [1.165, 1.54) is 6.20 Å². The maximum Gasteiger partial charge on any atom is 0.332 e. The molecule has 1 unspecified atom stereocenters. The lowest BCUT2D eigenvalue weighted by Crippen LogP contribution is -2.25. The number of nitrogens with one attached hydrogen (secondary N) is 1. The van der Waals surface area contributed by atoms with E-state index in [2.05, 4.69) is 10.3 Å². The van der Waals surface area contributed by atoms with E-state index in [1.54, 1.807) is 37.3 Å². The highest BCUT2D eigenvalue weighted by atomic mass is 35.5. The molecule has 0 spiro atoms. The van der Waals surface area contributed by atoms with E-state index in [-0.39, 0.29) is 11.9 Å². The summed E-state index contributed by atoms with van der Waals surface area (Å²) < 4.78 is 0. The summed E-state index contributed by atoms with van der Waals surface area (Å²) in [4.78, 5) is 16.0. The third-order valence-corrected chi connectivity index (χ3v) is 2.42. The highest BCUT2D eigenvalue weighted by molar-refractivity contribution is 6.29. The molecule has 6 nitrogen and oxygen atoms in total. The zero-order chi connectivity index (χ0) is 13.7. The molecule has 0 saturated carbocycles. The van der Waals surface area contributed by atoms with Crippen LogP contribution in [0.25, 0.3) is 0 Å².